The van der Waals surface area contributed by atoms with Crippen LogP contribution in [0.5, 0.6) is 0 Å². The Bertz CT molecular complexity index is 1150. The Kier molecular flexibility index (Phi) is 4.71. The Morgan fingerprint density at radius 2 is 1.97 bits per heavy atom. The first kappa shape index (κ1) is 18.6. The van der Waals surface area contributed by atoms with Gasteiger partial charge in [0, 0.05) is 23.0 Å². The standard InChI is InChI=1S/C20H15F3N4O2/c21-20(22,23)12-25-19(28)26-15-4-1-3-13(9-15)16-11-24-18-10-14(6-7-27(16)18)17-5-2-8-29-17/h1-11H,12H2,(H2,25,26,28). The van der Waals surface area contributed by atoms with Gasteiger partial charge in [-0.15, -0.1) is 0 Å². The van der Waals surface area contributed by atoms with Crippen LogP contribution in [-0.4, -0.2) is 28.1 Å². The molecular weight excluding hydrogens is 385 g/mol. The molecule has 0 saturated heterocycles. The van der Waals surface area contributed by atoms with Crippen LogP contribution in [0, 0.1) is 0 Å². The second-order valence-corrected chi connectivity index (χ2v) is 6.27. The minimum Gasteiger partial charge on any atom is -0.464 e. The molecule has 0 aliphatic carbocycles. The van der Waals surface area contributed by atoms with Crippen molar-refractivity contribution in [3.63, 3.8) is 0 Å². The Labute approximate surface area is 163 Å². The van der Waals surface area contributed by atoms with Gasteiger partial charge in [-0.05, 0) is 36.4 Å². The predicted molar refractivity (Wildman–Crippen MR) is 101 cm³/mol. The molecule has 4 aromatic rings. The number of halogens is 3. The average Bonchev–Trinajstić information content (AvgIpc) is 3.35. The number of hydrogen-bond acceptors (Lipinski definition) is 3. The molecule has 2 N–H and O–H groups in total. The van der Waals surface area contributed by atoms with E-state index < -0.39 is 18.8 Å². The topological polar surface area (TPSA) is 71.6 Å². The van der Waals surface area contributed by atoms with E-state index in [1.165, 1.54) is 0 Å². The number of rotatable bonds is 4. The highest BCUT2D eigenvalue weighted by Gasteiger charge is 2.27. The summed E-state index contributed by atoms with van der Waals surface area (Å²) in [6, 6.07) is 13.3. The highest BCUT2D eigenvalue weighted by atomic mass is 19.4. The van der Waals surface area contributed by atoms with Gasteiger partial charge >= 0.3 is 12.2 Å². The van der Waals surface area contributed by atoms with Crippen LogP contribution in [0.15, 0.2) is 71.6 Å². The number of fused-ring (bicyclic) bond motifs is 1. The van der Waals surface area contributed by atoms with Gasteiger partial charge in [0.2, 0.25) is 0 Å². The Hall–Kier alpha value is -3.75. The number of pyridine rings is 1. The number of anilines is 1. The molecule has 1 aromatic carbocycles. The number of urea groups is 1. The molecule has 6 nitrogen and oxygen atoms in total. The van der Waals surface area contributed by atoms with E-state index in [4.69, 9.17) is 4.42 Å². The van der Waals surface area contributed by atoms with Crippen LogP contribution in [-0.2, 0) is 0 Å². The Morgan fingerprint density at radius 1 is 1.10 bits per heavy atom. The van der Waals surface area contributed by atoms with Crippen molar-refractivity contribution in [1.29, 1.82) is 0 Å². The number of amides is 2. The SMILES string of the molecule is O=C(NCC(F)(F)F)Nc1cccc(-c2cnc3cc(-c4ccco4)ccn23)c1. The van der Waals surface area contributed by atoms with Gasteiger partial charge in [0.15, 0.2) is 0 Å². The number of furan rings is 1. The zero-order valence-corrected chi connectivity index (χ0v) is 14.9. The monoisotopic (exact) mass is 400 g/mol. The summed E-state index contributed by atoms with van der Waals surface area (Å²) in [7, 11) is 0. The number of aromatic nitrogens is 2. The number of alkyl halides is 3. The van der Waals surface area contributed by atoms with Crippen molar-refractivity contribution >= 4 is 17.4 Å². The molecule has 0 saturated carbocycles. The summed E-state index contributed by atoms with van der Waals surface area (Å²) in [5.41, 5.74) is 3.47. The zero-order chi connectivity index (χ0) is 20.4. The number of hydrogen-bond donors (Lipinski definition) is 2. The fourth-order valence-corrected chi connectivity index (χ4v) is 2.90. The normalized spacial score (nSPS) is 11.6. The predicted octanol–water partition coefficient (Wildman–Crippen LogP) is 4.95. The number of nitrogens with one attached hydrogen (secondary N) is 2. The molecule has 2 amide bonds. The minimum atomic E-state index is -4.47. The van der Waals surface area contributed by atoms with Crippen molar-refractivity contribution in [2.75, 3.05) is 11.9 Å². The molecule has 148 valence electrons. The van der Waals surface area contributed by atoms with Crippen molar-refractivity contribution in [3.8, 4) is 22.6 Å². The van der Waals surface area contributed by atoms with E-state index in [1.807, 2.05) is 34.9 Å². The molecule has 0 radical (unpaired) electrons. The molecule has 9 heteroatoms. The quantitative estimate of drug-likeness (QED) is 0.509. The van der Waals surface area contributed by atoms with Gasteiger partial charge in [-0.1, -0.05) is 12.1 Å². The van der Waals surface area contributed by atoms with E-state index in [1.54, 1.807) is 42.0 Å². The van der Waals surface area contributed by atoms with Gasteiger partial charge in [-0.3, -0.25) is 4.40 Å². The van der Waals surface area contributed by atoms with Crippen LogP contribution in [0.2, 0.25) is 0 Å². The second-order valence-electron chi connectivity index (χ2n) is 6.27. The van der Waals surface area contributed by atoms with Gasteiger partial charge in [-0.25, -0.2) is 9.78 Å². The average molecular weight is 400 g/mol. The van der Waals surface area contributed by atoms with Crippen LogP contribution in [0.1, 0.15) is 0 Å². The van der Waals surface area contributed by atoms with E-state index in [2.05, 4.69) is 10.3 Å². The molecule has 4 rings (SSSR count). The summed E-state index contributed by atoms with van der Waals surface area (Å²) in [6.45, 7) is -1.40. The van der Waals surface area contributed by atoms with E-state index in [9.17, 15) is 18.0 Å². The van der Waals surface area contributed by atoms with Gasteiger partial charge in [0.05, 0.1) is 18.2 Å². The number of benzene rings is 1. The summed E-state index contributed by atoms with van der Waals surface area (Å²) in [4.78, 5) is 16.1. The van der Waals surface area contributed by atoms with Crippen LogP contribution in [0.3, 0.4) is 0 Å². The first-order valence-corrected chi connectivity index (χ1v) is 8.62. The molecule has 0 bridgehead atoms. The van der Waals surface area contributed by atoms with Crippen LogP contribution in [0.25, 0.3) is 28.2 Å². The third-order valence-corrected chi connectivity index (χ3v) is 4.18. The molecular formula is C20H15F3N4O2. The molecule has 0 aliphatic rings. The van der Waals surface area contributed by atoms with E-state index in [-0.39, 0.29) is 0 Å². The van der Waals surface area contributed by atoms with Crippen molar-refractivity contribution in [3.05, 3.63) is 67.2 Å². The number of imidazole rings is 1. The molecule has 0 aliphatic heterocycles. The lowest BCUT2D eigenvalue weighted by atomic mass is 10.1. The fraction of sp³-hybridized carbons (Fsp3) is 0.100. The van der Waals surface area contributed by atoms with Crippen molar-refractivity contribution in [2.45, 2.75) is 6.18 Å². The summed E-state index contributed by atoms with van der Waals surface area (Å²) in [5, 5.41) is 4.17. The third-order valence-electron chi connectivity index (χ3n) is 4.18. The second kappa shape index (κ2) is 7.34. The van der Waals surface area contributed by atoms with E-state index in [0.717, 1.165) is 22.6 Å². The molecule has 0 unspecified atom stereocenters. The van der Waals surface area contributed by atoms with Gasteiger partial charge in [0.1, 0.15) is 18.0 Å². The van der Waals surface area contributed by atoms with E-state index >= 15 is 0 Å². The third kappa shape index (κ3) is 4.23. The number of carbonyl (C=O) groups is 1. The molecule has 3 aromatic heterocycles. The van der Waals surface area contributed by atoms with Crippen molar-refractivity contribution in [2.24, 2.45) is 0 Å². The first-order valence-electron chi connectivity index (χ1n) is 8.62. The maximum absolute atomic E-state index is 12.2. The molecule has 0 atom stereocenters. The molecule has 0 fully saturated rings. The van der Waals surface area contributed by atoms with Crippen LogP contribution >= 0.6 is 0 Å². The number of carbonyl (C=O) groups excluding carboxylic acids is 1. The number of nitrogens with zero attached hydrogens (tertiary/aromatic N) is 2. The lowest BCUT2D eigenvalue weighted by Crippen LogP contribution is -2.36. The molecule has 3 heterocycles. The zero-order valence-electron chi connectivity index (χ0n) is 14.9. The maximum Gasteiger partial charge on any atom is 0.405 e. The summed E-state index contributed by atoms with van der Waals surface area (Å²) in [5.74, 6) is 0.730. The highest BCUT2D eigenvalue weighted by molar-refractivity contribution is 5.90. The maximum atomic E-state index is 12.2. The van der Waals surface area contributed by atoms with E-state index in [0.29, 0.717) is 11.3 Å². The van der Waals surface area contributed by atoms with Crippen LogP contribution < -0.4 is 10.6 Å². The smallest absolute Gasteiger partial charge is 0.405 e. The summed E-state index contributed by atoms with van der Waals surface area (Å²) >= 11 is 0. The van der Waals surface area contributed by atoms with Crippen molar-refractivity contribution < 1.29 is 22.4 Å². The Balaban J connectivity index is 1.56. The summed E-state index contributed by atoms with van der Waals surface area (Å²) in [6.07, 6.45) is 0.667. The Morgan fingerprint density at radius 3 is 2.72 bits per heavy atom. The van der Waals surface area contributed by atoms with Crippen molar-refractivity contribution in [1.82, 2.24) is 14.7 Å². The summed E-state index contributed by atoms with van der Waals surface area (Å²) < 4.78 is 43.9. The molecule has 0 spiro atoms. The minimum absolute atomic E-state index is 0.365. The lowest BCUT2D eigenvalue weighted by Gasteiger charge is -2.10. The molecule has 29 heavy (non-hydrogen) atoms. The largest absolute Gasteiger partial charge is 0.464 e. The van der Waals surface area contributed by atoms with Gasteiger partial charge in [0.25, 0.3) is 0 Å². The lowest BCUT2D eigenvalue weighted by molar-refractivity contribution is -0.122. The van der Waals surface area contributed by atoms with Crippen LogP contribution in [0.4, 0.5) is 23.7 Å². The highest BCUT2D eigenvalue weighted by Crippen LogP contribution is 2.27. The van der Waals surface area contributed by atoms with Gasteiger partial charge in [-0.2, -0.15) is 13.2 Å². The first-order chi connectivity index (χ1) is 13.9. The fourth-order valence-electron chi connectivity index (χ4n) is 2.90. The van der Waals surface area contributed by atoms with Gasteiger partial charge < -0.3 is 15.1 Å².